The normalized spacial score (nSPS) is 10.1. The zero-order chi connectivity index (χ0) is 11.5. The predicted octanol–water partition coefficient (Wildman–Crippen LogP) is 3.33. The molecular weight excluding hydrogens is 336 g/mol. The predicted molar refractivity (Wildman–Crippen MR) is 71.6 cm³/mol. The lowest BCUT2D eigenvalue weighted by atomic mass is 10.3. The van der Waals surface area contributed by atoms with E-state index in [1.807, 2.05) is 18.2 Å². The Bertz CT molecular complexity index is 516. The smallest absolute Gasteiger partial charge is 0.221 e. The number of hydrogen-bond donors (Lipinski definition) is 2. The zero-order valence-electron chi connectivity index (χ0n) is 8.11. The highest BCUT2D eigenvalue weighted by Gasteiger charge is 2.02. The van der Waals surface area contributed by atoms with Gasteiger partial charge in [-0.1, -0.05) is 15.9 Å². The number of anilines is 3. The van der Waals surface area contributed by atoms with Crippen molar-refractivity contribution in [2.75, 3.05) is 11.1 Å². The van der Waals surface area contributed by atoms with Crippen LogP contribution in [-0.2, 0) is 0 Å². The first-order valence-electron chi connectivity index (χ1n) is 4.46. The Morgan fingerprint density at radius 1 is 1.19 bits per heavy atom. The largest absolute Gasteiger partial charge is 0.368 e. The Hall–Kier alpha value is -1.14. The molecule has 16 heavy (non-hydrogen) atoms. The fourth-order valence-electron chi connectivity index (χ4n) is 1.17. The first kappa shape index (κ1) is 11.3. The fraction of sp³-hybridized carbons (Fsp3) is 0. The maximum absolute atomic E-state index is 5.49. The van der Waals surface area contributed by atoms with Crippen LogP contribution in [0.5, 0.6) is 0 Å². The Kier molecular flexibility index (Phi) is 3.40. The van der Waals surface area contributed by atoms with Gasteiger partial charge in [-0.05, 0) is 40.2 Å². The summed E-state index contributed by atoms with van der Waals surface area (Å²) in [6.07, 6.45) is 1.61. The number of nitrogen functional groups attached to an aromatic ring is 1. The summed E-state index contributed by atoms with van der Waals surface area (Å²) in [5, 5.41) is 3.14. The molecule has 0 aliphatic heterocycles. The minimum Gasteiger partial charge on any atom is -0.368 e. The lowest BCUT2D eigenvalue weighted by Crippen LogP contribution is -1.99. The molecule has 0 fully saturated rings. The average molecular weight is 344 g/mol. The van der Waals surface area contributed by atoms with Gasteiger partial charge in [0.05, 0.1) is 5.69 Å². The summed E-state index contributed by atoms with van der Waals surface area (Å²) in [7, 11) is 0. The average Bonchev–Trinajstić information content (AvgIpc) is 2.22. The molecule has 0 aliphatic rings. The van der Waals surface area contributed by atoms with E-state index in [9.17, 15) is 0 Å². The molecular formula is C10H8Br2N4. The number of halogens is 2. The van der Waals surface area contributed by atoms with Gasteiger partial charge in [0.15, 0.2) is 0 Å². The van der Waals surface area contributed by atoms with Crippen LogP contribution in [0.15, 0.2) is 39.4 Å². The molecule has 0 saturated carbocycles. The molecule has 0 radical (unpaired) electrons. The van der Waals surface area contributed by atoms with E-state index in [0.29, 0.717) is 5.82 Å². The third-order valence-electron chi connectivity index (χ3n) is 1.87. The summed E-state index contributed by atoms with van der Waals surface area (Å²) in [6, 6.07) is 7.59. The molecule has 3 N–H and O–H groups in total. The van der Waals surface area contributed by atoms with Crippen LogP contribution >= 0.6 is 31.9 Å². The molecule has 1 heterocycles. The van der Waals surface area contributed by atoms with Gasteiger partial charge in [0.2, 0.25) is 5.95 Å². The quantitative estimate of drug-likeness (QED) is 0.877. The van der Waals surface area contributed by atoms with Crippen molar-refractivity contribution in [1.29, 1.82) is 0 Å². The van der Waals surface area contributed by atoms with Crippen LogP contribution in [0.1, 0.15) is 0 Å². The van der Waals surface area contributed by atoms with E-state index in [-0.39, 0.29) is 5.95 Å². The standard InChI is InChI=1S/C10H8Br2N4/c11-6-1-2-8(7(12)5-6)15-9-3-4-14-10(13)16-9/h1-5H,(H3,13,14,15,16). The van der Waals surface area contributed by atoms with Crippen molar-refractivity contribution in [1.82, 2.24) is 9.97 Å². The van der Waals surface area contributed by atoms with E-state index in [1.165, 1.54) is 0 Å². The Morgan fingerprint density at radius 2 is 2.00 bits per heavy atom. The molecule has 0 spiro atoms. The van der Waals surface area contributed by atoms with E-state index in [0.717, 1.165) is 14.6 Å². The van der Waals surface area contributed by atoms with Crippen LogP contribution < -0.4 is 11.1 Å². The molecule has 0 atom stereocenters. The second-order valence-corrected chi connectivity index (χ2v) is 4.82. The van der Waals surface area contributed by atoms with Gasteiger partial charge in [-0.15, -0.1) is 0 Å². The summed E-state index contributed by atoms with van der Waals surface area (Å²) in [6.45, 7) is 0. The molecule has 2 aromatic rings. The maximum Gasteiger partial charge on any atom is 0.221 e. The molecule has 82 valence electrons. The van der Waals surface area contributed by atoms with Crippen LogP contribution in [0.4, 0.5) is 17.5 Å². The van der Waals surface area contributed by atoms with Gasteiger partial charge in [0.1, 0.15) is 5.82 Å². The molecule has 2 rings (SSSR count). The first-order valence-corrected chi connectivity index (χ1v) is 6.04. The van der Waals surface area contributed by atoms with E-state index in [1.54, 1.807) is 12.3 Å². The minimum atomic E-state index is 0.248. The zero-order valence-corrected chi connectivity index (χ0v) is 11.3. The monoisotopic (exact) mass is 342 g/mol. The highest BCUT2D eigenvalue weighted by molar-refractivity contribution is 9.11. The van der Waals surface area contributed by atoms with Gasteiger partial charge in [0.25, 0.3) is 0 Å². The van der Waals surface area contributed by atoms with Crippen molar-refractivity contribution < 1.29 is 0 Å². The molecule has 0 amide bonds. The molecule has 4 nitrogen and oxygen atoms in total. The van der Waals surface area contributed by atoms with Crippen molar-refractivity contribution >= 4 is 49.3 Å². The number of nitrogens with one attached hydrogen (secondary N) is 1. The summed E-state index contributed by atoms with van der Waals surface area (Å²) in [5.74, 6) is 0.911. The third-order valence-corrected chi connectivity index (χ3v) is 3.02. The molecule has 0 unspecified atom stereocenters. The van der Waals surface area contributed by atoms with Crippen LogP contribution in [0.25, 0.3) is 0 Å². The number of nitrogens with two attached hydrogens (primary N) is 1. The van der Waals surface area contributed by atoms with Gasteiger partial charge in [-0.2, -0.15) is 4.98 Å². The number of aromatic nitrogens is 2. The molecule has 6 heteroatoms. The van der Waals surface area contributed by atoms with E-state index < -0.39 is 0 Å². The number of rotatable bonds is 2. The molecule has 0 bridgehead atoms. The number of benzene rings is 1. The van der Waals surface area contributed by atoms with Gasteiger partial charge in [0, 0.05) is 15.1 Å². The van der Waals surface area contributed by atoms with Crippen molar-refractivity contribution in [3.8, 4) is 0 Å². The summed E-state index contributed by atoms with van der Waals surface area (Å²) in [5.41, 5.74) is 6.41. The number of nitrogens with zero attached hydrogens (tertiary/aromatic N) is 2. The maximum atomic E-state index is 5.49. The highest BCUT2D eigenvalue weighted by Crippen LogP contribution is 2.28. The summed E-state index contributed by atoms with van der Waals surface area (Å²) < 4.78 is 1.95. The van der Waals surface area contributed by atoms with Gasteiger partial charge in [-0.3, -0.25) is 0 Å². The summed E-state index contributed by atoms with van der Waals surface area (Å²) >= 11 is 6.85. The van der Waals surface area contributed by atoms with Gasteiger partial charge in [-0.25, -0.2) is 4.98 Å². The SMILES string of the molecule is Nc1nccc(Nc2ccc(Br)cc2Br)n1. The van der Waals surface area contributed by atoms with Gasteiger partial charge < -0.3 is 11.1 Å². The lowest BCUT2D eigenvalue weighted by molar-refractivity contribution is 1.18. The second kappa shape index (κ2) is 4.80. The summed E-state index contributed by atoms with van der Waals surface area (Å²) in [4.78, 5) is 7.88. The Labute approximate surface area is 110 Å². The minimum absolute atomic E-state index is 0.248. The van der Waals surface area contributed by atoms with E-state index in [2.05, 4.69) is 47.1 Å². The van der Waals surface area contributed by atoms with Crippen LogP contribution in [0.2, 0.25) is 0 Å². The second-order valence-electron chi connectivity index (χ2n) is 3.05. The van der Waals surface area contributed by atoms with E-state index in [4.69, 9.17) is 5.73 Å². The topological polar surface area (TPSA) is 63.8 Å². The van der Waals surface area contributed by atoms with Crippen molar-refractivity contribution in [2.24, 2.45) is 0 Å². The highest BCUT2D eigenvalue weighted by atomic mass is 79.9. The van der Waals surface area contributed by atoms with E-state index >= 15 is 0 Å². The van der Waals surface area contributed by atoms with Crippen molar-refractivity contribution in [2.45, 2.75) is 0 Å². The third kappa shape index (κ3) is 2.70. The first-order chi connectivity index (χ1) is 7.65. The molecule has 1 aromatic carbocycles. The molecule has 1 aromatic heterocycles. The van der Waals surface area contributed by atoms with Crippen LogP contribution in [-0.4, -0.2) is 9.97 Å². The van der Waals surface area contributed by atoms with Crippen LogP contribution in [0.3, 0.4) is 0 Å². The van der Waals surface area contributed by atoms with Crippen LogP contribution in [0, 0.1) is 0 Å². The molecule has 0 aliphatic carbocycles. The fourth-order valence-corrected chi connectivity index (χ4v) is 2.32. The van der Waals surface area contributed by atoms with Crippen molar-refractivity contribution in [3.63, 3.8) is 0 Å². The number of hydrogen-bond acceptors (Lipinski definition) is 4. The lowest BCUT2D eigenvalue weighted by Gasteiger charge is -2.07. The molecule has 0 saturated heterocycles. The van der Waals surface area contributed by atoms with Crippen molar-refractivity contribution in [3.05, 3.63) is 39.4 Å². The van der Waals surface area contributed by atoms with Gasteiger partial charge >= 0.3 is 0 Å². The Morgan fingerprint density at radius 3 is 2.69 bits per heavy atom. The Balaban J connectivity index is 2.27.